The Morgan fingerprint density at radius 3 is 2.40 bits per heavy atom. The van der Waals surface area contributed by atoms with E-state index in [0.29, 0.717) is 5.92 Å². The highest BCUT2D eigenvalue weighted by Gasteiger charge is 2.22. The van der Waals surface area contributed by atoms with Crippen LogP contribution in [0.5, 0.6) is 0 Å². The molecule has 1 N–H and O–H groups in total. The molecule has 1 saturated carbocycles. The molecule has 2 rings (SSSR count). The van der Waals surface area contributed by atoms with Gasteiger partial charge in [-0.3, -0.25) is 0 Å². The summed E-state index contributed by atoms with van der Waals surface area (Å²) in [6.45, 7) is 2.09. The topological polar surface area (TPSA) is 20.2 Å². The molecule has 1 nitrogen and oxygen atoms in total. The molecule has 82 valence electrons. The van der Waals surface area contributed by atoms with Crippen LogP contribution in [-0.4, -0.2) is 11.2 Å². The average Bonchev–Trinajstić information content (AvgIpc) is 2.74. The lowest BCUT2D eigenvalue weighted by atomic mass is 9.94. The van der Waals surface area contributed by atoms with Crippen LogP contribution in [0.1, 0.15) is 36.8 Å². The smallest absolute Gasteiger partial charge is 0.0608 e. The second-order valence-electron chi connectivity index (χ2n) is 4.80. The molecule has 1 aliphatic rings. The van der Waals surface area contributed by atoms with Gasteiger partial charge in [0.15, 0.2) is 0 Å². The SMILES string of the molecule is Cc1ccc(C[C@@H](O)C2CCCC2)cc1. The third-order valence-corrected chi connectivity index (χ3v) is 3.51. The zero-order valence-electron chi connectivity index (χ0n) is 9.45. The molecule has 1 atom stereocenters. The Hall–Kier alpha value is -0.820. The molecule has 0 radical (unpaired) electrons. The normalized spacial score (nSPS) is 19.3. The molecular weight excluding hydrogens is 184 g/mol. The van der Waals surface area contributed by atoms with E-state index >= 15 is 0 Å². The van der Waals surface area contributed by atoms with Crippen LogP contribution in [-0.2, 0) is 6.42 Å². The van der Waals surface area contributed by atoms with Gasteiger partial charge < -0.3 is 5.11 Å². The number of hydrogen-bond donors (Lipinski definition) is 1. The Balaban J connectivity index is 1.92. The van der Waals surface area contributed by atoms with Crippen molar-refractivity contribution in [3.8, 4) is 0 Å². The minimum absolute atomic E-state index is 0.129. The first kappa shape index (κ1) is 10.7. The maximum Gasteiger partial charge on any atom is 0.0608 e. The molecule has 15 heavy (non-hydrogen) atoms. The van der Waals surface area contributed by atoms with E-state index in [4.69, 9.17) is 0 Å². The van der Waals surface area contributed by atoms with Crippen molar-refractivity contribution in [1.82, 2.24) is 0 Å². The van der Waals surface area contributed by atoms with E-state index < -0.39 is 0 Å². The fraction of sp³-hybridized carbons (Fsp3) is 0.571. The number of aryl methyl sites for hydroxylation is 1. The van der Waals surface area contributed by atoms with Crippen LogP contribution in [0.15, 0.2) is 24.3 Å². The van der Waals surface area contributed by atoms with Gasteiger partial charge in [0.25, 0.3) is 0 Å². The van der Waals surface area contributed by atoms with Crippen molar-refractivity contribution in [3.05, 3.63) is 35.4 Å². The molecule has 0 aromatic heterocycles. The van der Waals surface area contributed by atoms with E-state index in [1.54, 1.807) is 0 Å². The molecule has 0 amide bonds. The first-order chi connectivity index (χ1) is 7.25. The predicted octanol–water partition coefficient (Wildman–Crippen LogP) is 3.09. The van der Waals surface area contributed by atoms with E-state index in [1.165, 1.54) is 36.8 Å². The van der Waals surface area contributed by atoms with E-state index in [9.17, 15) is 5.11 Å². The van der Waals surface area contributed by atoms with Gasteiger partial charge in [-0.2, -0.15) is 0 Å². The molecule has 0 aliphatic heterocycles. The molecular formula is C14H20O. The van der Waals surface area contributed by atoms with Gasteiger partial charge in [0.05, 0.1) is 6.10 Å². The van der Waals surface area contributed by atoms with Crippen LogP contribution in [0.2, 0.25) is 0 Å². The lowest BCUT2D eigenvalue weighted by molar-refractivity contribution is 0.111. The van der Waals surface area contributed by atoms with Gasteiger partial charge in [0.1, 0.15) is 0 Å². The fourth-order valence-corrected chi connectivity index (χ4v) is 2.47. The van der Waals surface area contributed by atoms with Crippen LogP contribution in [0.3, 0.4) is 0 Å². The lowest BCUT2D eigenvalue weighted by Gasteiger charge is -2.17. The maximum absolute atomic E-state index is 10.1. The number of aliphatic hydroxyl groups is 1. The van der Waals surface area contributed by atoms with Crippen LogP contribution in [0.4, 0.5) is 0 Å². The molecule has 0 heterocycles. The average molecular weight is 204 g/mol. The van der Waals surface area contributed by atoms with Gasteiger partial charge >= 0.3 is 0 Å². The van der Waals surface area contributed by atoms with Crippen LogP contribution in [0, 0.1) is 12.8 Å². The molecule has 1 aliphatic carbocycles. The Bertz CT molecular complexity index is 296. The van der Waals surface area contributed by atoms with Crippen molar-refractivity contribution in [2.75, 3.05) is 0 Å². The van der Waals surface area contributed by atoms with Gasteiger partial charge in [-0.15, -0.1) is 0 Å². The van der Waals surface area contributed by atoms with E-state index in [1.807, 2.05) is 0 Å². The third kappa shape index (κ3) is 2.82. The quantitative estimate of drug-likeness (QED) is 0.802. The van der Waals surface area contributed by atoms with Crippen LogP contribution >= 0.6 is 0 Å². The van der Waals surface area contributed by atoms with E-state index in [2.05, 4.69) is 31.2 Å². The van der Waals surface area contributed by atoms with Crippen LogP contribution < -0.4 is 0 Å². The molecule has 0 saturated heterocycles. The van der Waals surface area contributed by atoms with Gasteiger partial charge in [-0.25, -0.2) is 0 Å². The fourth-order valence-electron chi connectivity index (χ4n) is 2.47. The molecule has 1 heteroatoms. The summed E-state index contributed by atoms with van der Waals surface area (Å²) in [4.78, 5) is 0. The Kier molecular flexibility index (Phi) is 3.42. The minimum Gasteiger partial charge on any atom is -0.392 e. The van der Waals surface area contributed by atoms with E-state index in [-0.39, 0.29) is 6.10 Å². The summed E-state index contributed by atoms with van der Waals surface area (Å²) < 4.78 is 0. The Morgan fingerprint density at radius 2 is 1.80 bits per heavy atom. The number of hydrogen-bond acceptors (Lipinski definition) is 1. The Morgan fingerprint density at radius 1 is 1.20 bits per heavy atom. The lowest BCUT2D eigenvalue weighted by Crippen LogP contribution is -2.20. The molecule has 1 aromatic carbocycles. The van der Waals surface area contributed by atoms with Gasteiger partial charge in [0, 0.05) is 0 Å². The van der Waals surface area contributed by atoms with Crippen molar-refractivity contribution in [3.63, 3.8) is 0 Å². The van der Waals surface area contributed by atoms with Gasteiger partial charge in [-0.1, -0.05) is 42.7 Å². The van der Waals surface area contributed by atoms with Crippen molar-refractivity contribution in [2.45, 2.75) is 45.1 Å². The summed E-state index contributed by atoms with van der Waals surface area (Å²) in [5, 5.41) is 10.1. The highest BCUT2D eigenvalue weighted by atomic mass is 16.3. The highest BCUT2D eigenvalue weighted by Crippen LogP contribution is 2.29. The second kappa shape index (κ2) is 4.80. The van der Waals surface area contributed by atoms with Crippen LogP contribution in [0.25, 0.3) is 0 Å². The second-order valence-corrected chi connectivity index (χ2v) is 4.80. The third-order valence-electron chi connectivity index (χ3n) is 3.51. The molecule has 0 unspecified atom stereocenters. The highest BCUT2D eigenvalue weighted by molar-refractivity contribution is 5.21. The molecule has 0 bridgehead atoms. The van der Waals surface area contributed by atoms with Crippen molar-refractivity contribution >= 4 is 0 Å². The summed E-state index contributed by atoms with van der Waals surface area (Å²) in [5.74, 6) is 0.548. The molecule has 1 fully saturated rings. The number of aliphatic hydroxyl groups excluding tert-OH is 1. The summed E-state index contributed by atoms with van der Waals surface area (Å²) in [7, 11) is 0. The van der Waals surface area contributed by atoms with Gasteiger partial charge in [-0.05, 0) is 37.7 Å². The zero-order chi connectivity index (χ0) is 10.7. The maximum atomic E-state index is 10.1. The summed E-state index contributed by atoms with van der Waals surface area (Å²) >= 11 is 0. The Labute approximate surface area is 92.1 Å². The number of rotatable bonds is 3. The monoisotopic (exact) mass is 204 g/mol. The zero-order valence-corrected chi connectivity index (χ0v) is 9.45. The standard InChI is InChI=1S/C14H20O/c1-11-6-8-12(9-7-11)10-14(15)13-4-2-3-5-13/h6-9,13-15H,2-5,10H2,1H3/t14-/m1/s1. The largest absolute Gasteiger partial charge is 0.392 e. The number of benzene rings is 1. The predicted molar refractivity (Wildman–Crippen MR) is 62.8 cm³/mol. The molecule has 1 aromatic rings. The molecule has 0 spiro atoms. The van der Waals surface area contributed by atoms with E-state index in [0.717, 1.165) is 6.42 Å². The van der Waals surface area contributed by atoms with Crippen molar-refractivity contribution < 1.29 is 5.11 Å². The first-order valence-electron chi connectivity index (χ1n) is 5.99. The van der Waals surface area contributed by atoms with Gasteiger partial charge in [0.2, 0.25) is 0 Å². The summed E-state index contributed by atoms with van der Waals surface area (Å²) in [6.07, 6.45) is 5.73. The summed E-state index contributed by atoms with van der Waals surface area (Å²) in [6, 6.07) is 8.51. The summed E-state index contributed by atoms with van der Waals surface area (Å²) in [5.41, 5.74) is 2.55. The minimum atomic E-state index is -0.129. The van der Waals surface area contributed by atoms with Crippen molar-refractivity contribution in [2.24, 2.45) is 5.92 Å². The van der Waals surface area contributed by atoms with Crippen molar-refractivity contribution in [1.29, 1.82) is 0 Å². The first-order valence-corrected chi connectivity index (χ1v) is 5.99.